The molecular formula is C14H15NO3S. The summed E-state index contributed by atoms with van der Waals surface area (Å²) in [6, 6.07) is 9.88. The number of nitrogens with zero attached hydrogens (tertiary/aromatic N) is 1. The number of esters is 1. The van der Waals surface area contributed by atoms with Gasteiger partial charge < -0.3 is 9.47 Å². The van der Waals surface area contributed by atoms with Crippen molar-refractivity contribution >= 4 is 17.3 Å². The Morgan fingerprint density at radius 2 is 2.11 bits per heavy atom. The fraction of sp³-hybridized carbons (Fsp3) is 0.286. The molecule has 5 heteroatoms. The molecule has 0 spiro atoms. The number of carbonyl (C=O) groups is 1. The molecule has 0 bridgehead atoms. The second-order valence-electron chi connectivity index (χ2n) is 3.85. The van der Waals surface area contributed by atoms with Gasteiger partial charge in [0.25, 0.3) is 5.19 Å². The predicted molar refractivity (Wildman–Crippen MR) is 73.2 cm³/mol. The summed E-state index contributed by atoms with van der Waals surface area (Å²) in [5, 5.41) is 0.572. The van der Waals surface area contributed by atoms with Gasteiger partial charge in [-0.05, 0) is 12.5 Å². The lowest BCUT2D eigenvalue weighted by Crippen LogP contribution is -2.06. The lowest BCUT2D eigenvalue weighted by Gasteiger charge is -2.01. The van der Waals surface area contributed by atoms with Crippen molar-refractivity contribution in [2.24, 2.45) is 0 Å². The number of hydrogen-bond donors (Lipinski definition) is 0. The van der Waals surface area contributed by atoms with Gasteiger partial charge in [0.1, 0.15) is 6.61 Å². The zero-order chi connectivity index (χ0) is 13.5. The molecule has 0 radical (unpaired) electrons. The lowest BCUT2D eigenvalue weighted by atomic mass is 10.2. The molecule has 1 aromatic carbocycles. The number of hydrogen-bond acceptors (Lipinski definition) is 5. The Hall–Kier alpha value is -1.88. The van der Waals surface area contributed by atoms with E-state index in [1.165, 1.54) is 11.3 Å². The van der Waals surface area contributed by atoms with Crippen molar-refractivity contribution < 1.29 is 14.3 Å². The van der Waals surface area contributed by atoms with Crippen LogP contribution in [0.4, 0.5) is 0 Å². The van der Waals surface area contributed by atoms with Crippen molar-refractivity contribution in [3.63, 3.8) is 0 Å². The fourth-order valence-electron chi connectivity index (χ4n) is 1.51. The highest BCUT2D eigenvalue weighted by Crippen LogP contribution is 2.22. The average molecular weight is 277 g/mol. The van der Waals surface area contributed by atoms with E-state index in [0.717, 1.165) is 10.4 Å². The van der Waals surface area contributed by atoms with Gasteiger partial charge in [-0.2, -0.15) is 0 Å². The number of carbonyl (C=O) groups excluding carboxylic acids is 1. The SMILES string of the molecule is CCOC(=O)Cc1cnc(OCc2ccccc2)s1. The second kappa shape index (κ2) is 6.89. The van der Waals surface area contributed by atoms with E-state index in [1.54, 1.807) is 13.1 Å². The molecule has 1 aromatic heterocycles. The van der Waals surface area contributed by atoms with Crippen LogP contribution in [0, 0.1) is 0 Å². The van der Waals surface area contributed by atoms with Crippen LogP contribution in [0.1, 0.15) is 17.4 Å². The number of ether oxygens (including phenoxy) is 2. The first kappa shape index (κ1) is 13.5. The van der Waals surface area contributed by atoms with Gasteiger partial charge in [0.05, 0.1) is 13.0 Å². The molecule has 0 aliphatic carbocycles. The van der Waals surface area contributed by atoms with E-state index in [4.69, 9.17) is 9.47 Å². The van der Waals surface area contributed by atoms with E-state index >= 15 is 0 Å². The Labute approximate surface area is 116 Å². The smallest absolute Gasteiger partial charge is 0.311 e. The molecule has 4 nitrogen and oxygen atoms in total. The van der Waals surface area contributed by atoms with Gasteiger partial charge in [0, 0.05) is 11.1 Å². The number of thiazole rings is 1. The summed E-state index contributed by atoms with van der Waals surface area (Å²) in [4.78, 5) is 16.3. The van der Waals surface area contributed by atoms with E-state index in [0.29, 0.717) is 18.4 Å². The van der Waals surface area contributed by atoms with Gasteiger partial charge in [-0.25, -0.2) is 4.98 Å². The van der Waals surface area contributed by atoms with Gasteiger partial charge in [-0.1, -0.05) is 41.7 Å². The zero-order valence-electron chi connectivity index (χ0n) is 10.7. The normalized spacial score (nSPS) is 10.2. The molecule has 0 saturated heterocycles. The summed E-state index contributed by atoms with van der Waals surface area (Å²) in [7, 11) is 0. The van der Waals surface area contributed by atoms with Crippen molar-refractivity contribution in [2.45, 2.75) is 20.0 Å². The average Bonchev–Trinajstić information content (AvgIpc) is 2.85. The van der Waals surface area contributed by atoms with Gasteiger partial charge >= 0.3 is 5.97 Å². The first-order chi connectivity index (χ1) is 9.28. The lowest BCUT2D eigenvalue weighted by molar-refractivity contribution is -0.142. The molecule has 2 rings (SSSR count). The molecule has 0 fully saturated rings. The van der Waals surface area contributed by atoms with Crippen LogP contribution in [-0.4, -0.2) is 17.6 Å². The van der Waals surface area contributed by atoms with E-state index in [1.807, 2.05) is 30.3 Å². The van der Waals surface area contributed by atoms with E-state index in [-0.39, 0.29) is 12.4 Å². The number of aromatic nitrogens is 1. The highest BCUT2D eigenvalue weighted by molar-refractivity contribution is 7.13. The Morgan fingerprint density at radius 1 is 1.32 bits per heavy atom. The molecule has 0 aliphatic rings. The summed E-state index contributed by atoms with van der Waals surface area (Å²) < 4.78 is 10.5. The highest BCUT2D eigenvalue weighted by atomic mass is 32.1. The van der Waals surface area contributed by atoms with Crippen molar-refractivity contribution in [2.75, 3.05) is 6.61 Å². The minimum absolute atomic E-state index is 0.235. The van der Waals surface area contributed by atoms with Gasteiger partial charge in [0.2, 0.25) is 0 Å². The van der Waals surface area contributed by atoms with Crippen LogP contribution >= 0.6 is 11.3 Å². The largest absolute Gasteiger partial charge is 0.466 e. The van der Waals surface area contributed by atoms with Crippen molar-refractivity contribution in [1.82, 2.24) is 4.98 Å². The molecule has 1 heterocycles. The molecule has 2 aromatic rings. The summed E-state index contributed by atoms with van der Waals surface area (Å²) in [6.07, 6.45) is 1.90. The molecule has 0 atom stereocenters. The summed E-state index contributed by atoms with van der Waals surface area (Å²) >= 11 is 1.37. The van der Waals surface area contributed by atoms with E-state index in [2.05, 4.69) is 4.98 Å². The standard InChI is InChI=1S/C14H15NO3S/c1-2-17-13(16)8-12-9-15-14(19-12)18-10-11-6-4-3-5-7-11/h3-7,9H,2,8,10H2,1H3. The third kappa shape index (κ3) is 4.37. The maximum absolute atomic E-state index is 11.3. The van der Waals surface area contributed by atoms with Crippen LogP contribution < -0.4 is 4.74 Å². The van der Waals surface area contributed by atoms with Gasteiger partial charge in [0.15, 0.2) is 0 Å². The van der Waals surface area contributed by atoms with Gasteiger partial charge in [-0.15, -0.1) is 0 Å². The minimum atomic E-state index is -0.235. The van der Waals surface area contributed by atoms with Crippen molar-refractivity contribution in [3.8, 4) is 5.19 Å². The molecule has 0 unspecified atom stereocenters. The third-order valence-corrected chi connectivity index (χ3v) is 3.27. The molecule has 0 saturated carbocycles. The van der Waals surface area contributed by atoms with Crippen LogP contribution in [0.5, 0.6) is 5.19 Å². The predicted octanol–water partition coefficient (Wildman–Crippen LogP) is 2.83. The van der Waals surface area contributed by atoms with Crippen LogP contribution in [0.25, 0.3) is 0 Å². The number of rotatable bonds is 6. The Bertz CT molecular complexity index is 524. The summed E-state index contributed by atoms with van der Waals surface area (Å²) in [6.45, 7) is 2.67. The molecule has 0 aliphatic heterocycles. The third-order valence-electron chi connectivity index (χ3n) is 2.36. The van der Waals surface area contributed by atoms with Crippen LogP contribution in [0.2, 0.25) is 0 Å². The van der Waals surface area contributed by atoms with Crippen molar-refractivity contribution in [1.29, 1.82) is 0 Å². The number of benzene rings is 1. The molecule has 19 heavy (non-hydrogen) atoms. The van der Waals surface area contributed by atoms with E-state index < -0.39 is 0 Å². The molecule has 0 N–H and O–H groups in total. The molecule has 0 amide bonds. The molecular weight excluding hydrogens is 262 g/mol. The van der Waals surface area contributed by atoms with Crippen LogP contribution in [0.3, 0.4) is 0 Å². The highest BCUT2D eigenvalue weighted by Gasteiger charge is 2.08. The maximum Gasteiger partial charge on any atom is 0.311 e. The summed E-state index contributed by atoms with van der Waals surface area (Å²) in [5.41, 5.74) is 1.09. The molecule has 100 valence electrons. The first-order valence-electron chi connectivity index (χ1n) is 6.05. The zero-order valence-corrected chi connectivity index (χ0v) is 11.5. The van der Waals surface area contributed by atoms with E-state index in [9.17, 15) is 4.79 Å². The first-order valence-corrected chi connectivity index (χ1v) is 6.86. The maximum atomic E-state index is 11.3. The minimum Gasteiger partial charge on any atom is -0.466 e. The Kier molecular flexibility index (Phi) is 4.92. The topological polar surface area (TPSA) is 48.4 Å². The van der Waals surface area contributed by atoms with Crippen LogP contribution in [0.15, 0.2) is 36.5 Å². The summed E-state index contributed by atoms with van der Waals surface area (Å²) in [5.74, 6) is -0.235. The van der Waals surface area contributed by atoms with Crippen molar-refractivity contribution in [3.05, 3.63) is 47.0 Å². The quantitative estimate of drug-likeness (QED) is 0.762. The monoisotopic (exact) mass is 277 g/mol. The van der Waals surface area contributed by atoms with Gasteiger partial charge in [-0.3, -0.25) is 4.79 Å². The van der Waals surface area contributed by atoms with Crippen LogP contribution in [-0.2, 0) is 22.6 Å². The Balaban J connectivity index is 1.85. The Morgan fingerprint density at radius 3 is 2.84 bits per heavy atom. The fourth-order valence-corrected chi connectivity index (χ4v) is 2.25. The second-order valence-corrected chi connectivity index (χ2v) is 4.93.